The molecule has 27 heavy (non-hydrogen) atoms. The van der Waals surface area contributed by atoms with Crippen LogP contribution in [0.1, 0.15) is 18.9 Å². The van der Waals surface area contributed by atoms with Crippen molar-refractivity contribution < 1.29 is 18.6 Å². The second kappa shape index (κ2) is 8.18. The summed E-state index contributed by atoms with van der Waals surface area (Å²) in [6.45, 7) is 2.48. The maximum Gasteiger partial charge on any atom is 0.198 e. The topological polar surface area (TPSA) is 69.6 Å². The molecule has 1 unspecified atom stereocenters. The van der Waals surface area contributed by atoms with E-state index in [9.17, 15) is 13.9 Å². The van der Waals surface area contributed by atoms with Crippen molar-refractivity contribution in [2.24, 2.45) is 4.99 Å². The number of aliphatic imine (C=N–C) groups is 1. The smallest absolute Gasteiger partial charge is 0.198 e. The lowest BCUT2D eigenvalue weighted by atomic mass is 10.2. The molecule has 0 amide bonds. The van der Waals surface area contributed by atoms with Crippen molar-refractivity contribution in [2.45, 2.75) is 19.4 Å². The number of anilines is 1. The van der Waals surface area contributed by atoms with Gasteiger partial charge in [0.2, 0.25) is 0 Å². The van der Waals surface area contributed by atoms with Gasteiger partial charge in [0.15, 0.2) is 5.88 Å². The van der Waals surface area contributed by atoms with Crippen LogP contribution in [0.4, 0.5) is 20.2 Å². The number of benzene rings is 2. The highest BCUT2D eigenvalue weighted by Gasteiger charge is 2.11. The highest BCUT2D eigenvalue weighted by Crippen LogP contribution is 2.27. The molecule has 0 radical (unpaired) electrons. The summed E-state index contributed by atoms with van der Waals surface area (Å²) in [6.07, 6.45) is 2.22. The molecule has 3 rings (SSSR count). The van der Waals surface area contributed by atoms with Crippen LogP contribution in [0.5, 0.6) is 5.88 Å². The zero-order valence-electron chi connectivity index (χ0n) is 15.1. The summed E-state index contributed by atoms with van der Waals surface area (Å²) >= 11 is 0. The van der Waals surface area contributed by atoms with E-state index in [0.29, 0.717) is 34.4 Å². The fraction of sp³-hybridized carbons (Fsp3) is 0.250. The minimum atomic E-state index is -0.426. The molecule has 0 saturated heterocycles. The number of nitrogens with zero attached hydrogens (tertiary/aromatic N) is 1. The number of rotatable bonds is 7. The van der Waals surface area contributed by atoms with E-state index in [4.69, 9.17) is 4.74 Å². The molecule has 0 fully saturated rings. The van der Waals surface area contributed by atoms with Crippen LogP contribution in [0.3, 0.4) is 0 Å². The number of nitrogens with one attached hydrogen (secondary N) is 2. The van der Waals surface area contributed by atoms with Gasteiger partial charge in [-0.3, -0.25) is 4.99 Å². The molecular weight excluding hydrogens is 352 g/mol. The van der Waals surface area contributed by atoms with Gasteiger partial charge in [0.05, 0.1) is 29.1 Å². The molecule has 1 aromatic heterocycles. The molecule has 142 valence electrons. The molecular formula is C20H21F2N3O2. The monoisotopic (exact) mass is 373 g/mol. The van der Waals surface area contributed by atoms with Gasteiger partial charge < -0.3 is 20.1 Å². The summed E-state index contributed by atoms with van der Waals surface area (Å²) in [6, 6.07) is 8.76. The maximum absolute atomic E-state index is 14.4. The highest BCUT2D eigenvalue weighted by molar-refractivity contribution is 6.02. The number of hydrogen-bond donors (Lipinski definition) is 3. The molecule has 0 aliphatic rings. The summed E-state index contributed by atoms with van der Waals surface area (Å²) in [5, 5.41) is 13.7. The summed E-state index contributed by atoms with van der Waals surface area (Å²) in [7, 11) is 1.60. The number of ether oxygens (including phenoxy) is 1. The van der Waals surface area contributed by atoms with E-state index in [2.05, 4.69) is 15.3 Å². The van der Waals surface area contributed by atoms with E-state index < -0.39 is 11.6 Å². The van der Waals surface area contributed by atoms with Gasteiger partial charge in [0.25, 0.3) is 0 Å². The fourth-order valence-corrected chi connectivity index (χ4v) is 2.83. The predicted octanol–water partition coefficient (Wildman–Crippen LogP) is 4.74. The predicted molar refractivity (Wildman–Crippen MR) is 103 cm³/mol. The summed E-state index contributed by atoms with van der Waals surface area (Å²) in [4.78, 5) is 6.92. The number of halogens is 2. The largest absolute Gasteiger partial charge is 0.494 e. The zero-order valence-corrected chi connectivity index (χ0v) is 15.1. The minimum Gasteiger partial charge on any atom is -0.494 e. The van der Waals surface area contributed by atoms with Crippen LogP contribution in [0.25, 0.3) is 10.9 Å². The van der Waals surface area contributed by atoms with Gasteiger partial charge in [0, 0.05) is 30.8 Å². The summed E-state index contributed by atoms with van der Waals surface area (Å²) in [5.74, 6) is -0.955. The number of H-pyrrole nitrogens is 1. The van der Waals surface area contributed by atoms with Crippen LogP contribution in [0.2, 0.25) is 0 Å². The first kappa shape index (κ1) is 18.8. The Balaban J connectivity index is 1.82. The number of methoxy groups -OCH3 is 1. The molecule has 3 aromatic rings. The molecule has 2 aromatic carbocycles. The minimum absolute atomic E-state index is 0.0161. The van der Waals surface area contributed by atoms with Crippen LogP contribution < -0.4 is 5.32 Å². The number of hydrogen-bond acceptors (Lipinski definition) is 4. The molecule has 1 heterocycles. The van der Waals surface area contributed by atoms with Gasteiger partial charge in [-0.15, -0.1) is 0 Å². The van der Waals surface area contributed by atoms with Gasteiger partial charge in [-0.2, -0.15) is 0 Å². The second-order valence-electron chi connectivity index (χ2n) is 6.20. The van der Waals surface area contributed by atoms with Crippen molar-refractivity contribution in [3.63, 3.8) is 0 Å². The van der Waals surface area contributed by atoms with E-state index in [1.165, 1.54) is 24.4 Å². The highest BCUT2D eigenvalue weighted by atomic mass is 19.1. The Morgan fingerprint density at radius 3 is 2.78 bits per heavy atom. The lowest BCUT2D eigenvalue weighted by Gasteiger charge is -2.17. The lowest BCUT2D eigenvalue weighted by molar-refractivity contribution is 0.184. The Hall–Kier alpha value is -2.93. The Morgan fingerprint density at radius 2 is 2.07 bits per heavy atom. The van der Waals surface area contributed by atoms with Gasteiger partial charge >= 0.3 is 0 Å². The number of aromatic nitrogens is 1. The van der Waals surface area contributed by atoms with Crippen LogP contribution >= 0.6 is 0 Å². The van der Waals surface area contributed by atoms with Gasteiger partial charge in [0.1, 0.15) is 11.6 Å². The Kier molecular flexibility index (Phi) is 5.71. The zero-order chi connectivity index (χ0) is 19.4. The molecule has 1 atom stereocenters. The third-order valence-electron chi connectivity index (χ3n) is 4.30. The third-order valence-corrected chi connectivity index (χ3v) is 4.30. The number of aromatic amines is 1. The van der Waals surface area contributed by atoms with E-state index in [1.807, 2.05) is 6.92 Å². The Bertz CT molecular complexity index is 969. The van der Waals surface area contributed by atoms with Crippen LogP contribution in [-0.4, -0.2) is 36.1 Å². The van der Waals surface area contributed by atoms with E-state index in [-0.39, 0.29) is 11.9 Å². The van der Waals surface area contributed by atoms with Gasteiger partial charge in [-0.25, -0.2) is 8.78 Å². The first-order valence-corrected chi connectivity index (χ1v) is 8.61. The molecule has 0 aliphatic carbocycles. The standard InChI is InChI=1S/C20H21F2N3O2/c1-3-13(11-27-2)24-18-7-5-14(9-17(18)22)23-10-16-15-6-4-12(21)8-19(15)25-20(16)26/h4-10,13,24-26H,3,11H2,1-2H3. The maximum atomic E-state index is 14.4. The molecule has 0 bridgehead atoms. The van der Waals surface area contributed by atoms with Crippen molar-refractivity contribution in [1.82, 2.24) is 4.98 Å². The quantitative estimate of drug-likeness (QED) is 0.524. The lowest BCUT2D eigenvalue weighted by Crippen LogP contribution is -2.24. The van der Waals surface area contributed by atoms with E-state index >= 15 is 0 Å². The second-order valence-corrected chi connectivity index (χ2v) is 6.20. The average Bonchev–Trinajstić information content (AvgIpc) is 2.95. The summed E-state index contributed by atoms with van der Waals surface area (Å²) in [5.41, 5.74) is 1.65. The third kappa shape index (κ3) is 4.25. The first-order valence-electron chi connectivity index (χ1n) is 8.61. The number of fused-ring (bicyclic) bond motifs is 1. The molecule has 5 nitrogen and oxygen atoms in total. The first-order chi connectivity index (χ1) is 13.0. The van der Waals surface area contributed by atoms with Crippen LogP contribution in [0, 0.1) is 11.6 Å². The SMILES string of the molecule is CCC(COC)Nc1ccc(N=Cc2c(O)[nH]c3cc(F)ccc23)cc1F. The van der Waals surface area contributed by atoms with Crippen LogP contribution in [-0.2, 0) is 4.74 Å². The van der Waals surface area contributed by atoms with E-state index in [1.54, 1.807) is 25.3 Å². The molecule has 7 heteroatoms. The van der Waals surface area contributed by atoms with Gasteiger partial charge in [-0.1, -0.05) is 6.92 Å². The molecule has 0 spiro atoms. The molecule has 0 saturated carbocycles. The molecule has 3 N–H and O–H groups in total. The summed E-state index contributed by atoms with van der Waals surface area (Å²) < 4.78 is 32.7. The number of aromatic hydroxyl groups is 1. The van der Waals surface area contributed by atoms with Crippen molar-refractivity contribution in [2.75, 3.05) is 19.0 Å². The molecule has 0 aliphatic heterocycles. The van der Waals surface area contributed by atoms with E-state index in [0.717, 1.165) is 6.42 Å². The average molecular weight is 373 g/mol. The van der Waals surface area contributed by atoms with Crippen molar-refractivity contribution in [1.29, 1.82) is 0 Å². The Labute approximate surface area is 155 Å². The van der Waals surface area contributed by atoms with Gasteiger partial charge in [-0.05, 0) is 36.8 Å². The van der Waals surface area contributed by atoms with Crippen molar-refractivity contribution in [3.05, 3.63) is 53.6 Å². The van der Waals surface area contributed by atoms with Crippen LogP contribution in [0.15, 0.2) is 41.4 Å². The normalized spacial score (nSPS) is 12.7. The fourth-order valence-electron chi connectivity index (χ4n) is 2.83. The van der Waals surface area contributed by atoms with Crippen molar-refractivity contribution in [3.8, 4) is 5.88 Å². The van der Waals surface area contributed by atoms with Crippen molar-refractivity contribution >= 4 is 28.5 Å². The Morgan fingerprint density at radius 1 is 1.26 bits per heavy atom.